The minimum atomic E-state index is 0.0187. The van der Waals surface area contributed by atoms with Gasteiger partial charge in [0.25, 0.3) is 5.91 Å². The summed E-state index contributed by atoms with van der Waals surface area (Å²) in [4.78, 5) is 11.7. The molecule has 92 valence electrons. The number of carbonyl (C=O) groups excluding carboxylic acids is 1. The van der Waals surface area contributed by atoms with Crippen LogP contribution in [0.3, 0.4) is 0 Å². The molecule has 1 aromatic rings. The molecule has 3 heteroatoms. The Hall–Kier alpha value is -1.35. The Kier molecular flexibility index (Phi) is 4.15. The molecular weight excluding hydrogens is 212 g/mol. The highest BCUT2D eigenvalue weighted by Gasteiger charge is 2.15. The van der Waals surface area contributed by atoms with Gasteiger partial charge in [-0.05, 0) is 44.0 Å². The number of benzene rings is 1. The van der Waals surface area contributed by atoms with Crippen LogP contribution in [0.2, 0.25) is 0 Å². The quantitative estimate of drug-likeness (QED) is 0.839. The summed E-state index contributed by atoms with van der Waals surface area (Å²) in [5, 5.41) is 6.33. The first-order valence-corrected chi connectivity index (χ1v) is 6.43. The standard InChI is InChI=1S/C14H20N2O/c1-2-15-14(17)12-7-5-6-11(10-12)13-8-3-4-9-16-13/h5-7,10,13,16H,2-4,8-9H2,1H3,(H,15,17). The Balaban J connectivity index is 2.12. The lowest BCUT2D eigenvalue weighted by Crippen LogP contribution is -2.27. The van der Waals surface area contributed by atoms with Crippen LogP contribution < -0.4 is 10.6 Å². The third-order valence-corrected chi connectivity index (χ3v) is 3.20. The highest BCUT2D eigenvalue weighted by Crippen LogP contribution is 2.23. The molecule has 1 saturated heterocycles. The summed E-state index contributed by atoms with van der Waals surface area (Å²) in [6.45, 7) is 3.69. The number of hydrogen-bond donors (Lipinski definition) is 2. The minimum Gasteiger partial charge on any atom is -0.352 e. The van der Waals surface area contributed by atoms with E-state index in [9.17, 15) is 4.79 Å². The molecule has 1 aliphatic rings. The van der Waals surface area contributed by atoms with Crippen molar-refractivity contribution in [2.75, 3.05) is 13.1 Å². The van der Waals surface area contributed by atoms with E-state index in [1.807, 2.05) is 25.1 Å². The molecule has 0 radical (unpaired) electrons. The molecule has 0 aromatic heterocycles. The van der Waals surface area contributed by atoms with E-state index in [0.29, 0.717) is 12.6 Å². The highest BCUT2D eigenvalue weighted by molar-refractivity contribution is 5.94. The fourth-order valence-corrected chi connectivity index (χ4v) is 2.30. The van der Waals surface area contributed by atoms with Crippen LogP contribution in [-0.2, 0) is 0 Å². The van der Waals surface area contributed by atoms with Crippen LogP contribution in [0, 0.1) is 0 Å². The van der Waals surface area contributed by atoms with Crippen molar-refractivity contribution in [3.63, 3.8) is 0 Å². The average Bonchev–Trinajstić information content (AvgIpc) is 2.40. The molecule has 1 heterocycles. The fourth-order valence-electron chi connectivity index (χ4n) is 2.30. The van der Waals surface area contributed by atoms with Gasteiger partial charge < -0.3 is 10.6 Å². The summed E-state index contributed by atoms with van der Waals surface area (Å²) in [5.74, 6) is 0.0187. The van der Waals surface area contributed by atoms with Crippen molar-refractivity contribution in [3.8, 4) is 0 Å². The van der Waals surface area contributed by atoms with Crippen LogP contribution in [0.1, 0.15) is 48.1 Å². The number of carbonyl (C=O) groups is 1. The Morgan fingerprint density at radius 2 is 2.35 bits per heavy atom. The molecular formula is C14H20N2O. The second kappa shape index (κ2) is 5.82. The van der Waals surface area contributed by atoms with Crippen LogP contribution in [-0.4, -0.2) is 19.0 Å². The number of nitrogens with one attached hydrogen (secondary N) is 2. The molecule has 0 aliphatic carbocycles. The van der Waals surface area contributed by atoms with Crippen molar-refractivity contribution in [2.24, 2.45) is 0 Å². The maximum absolute atomic E-state index is 11.7. The average molecular weight is 232 g/mol. The maximum Gasteiger partial charge on any atom is 0.251 e. The van der Waals surface area contributed by atoms with Crippen LogP contribution in [0.15, 0.2) is 24.3 Å². The van der Waals surface area contributed by atoms with Crippen molar-refractivity contribution in [2.45, 2.75) is 32.2 Å². The molecule has 2 rings (SSSR count). The van der Waals surface area contributed by atoms with Gasteiger partial charge in [-0.3, -0.25) is 4.79 Å². The van der Waals surface area contributed by atoms with E-state index >= 15 is 0 Å². The highest BCUT2D eigenvalue weighted by atomic mass is 16.1. The Labute approximate surface area is 103 Å². The first-order valence-electron chi connectivity index (χ1n) is 6.43. The third-order valence-electron chi connectivity index (χ3n) is 3.20. The van der Waals surface area contributed by atoms with Gasteiger partial charge in [-0.1, -0.05) is 18.6 Å². The molecule has 3 nitrogen and oxygen atoms in total. The topological polar surface area (TPSA) is 41.1 Å². The van der Waals surface area contributed by atoms with Gasteiger partial charge in [-0.2, -0.15) is 0 Å². The molecule has 0 spiro atoms. The Morgan fingerprint density at radius 3 is 3.06 bits per heavy atom. The van der Waals surface area contributed by atoms with E-state index in [1.54, 1.807) is 0 Å². The van der Waals surface area contributed by atoms with Crippen molar-refractivity contribution < 1.29 is 4.79 Å². The van der Waals surface area contributed by atoms with Gasteiger partial charge in [-0.25, -0.2) is 0 Å². The summed E-state index contributed by atoms with van der Waals surface area (Å²) >= 11 is 0. The summed E-state index contributed by atoms with van der Waals surface area (Å²) in [6, 6.07) is 8.37. The summed E-state index contributed by atoms with van der Waals surface area (Å²) in [7, 11) is 0. The van der Waals surface area contributed by atoms with E-state index in [2.05, 4.69) is 16.7 Å². The van der Waals surface area contributed by atoms with E-state index in [-0.39, 0.29) is 5.91 Å². The Morgan fingerprint density at radius 1 is 1.47 bits per heavy atom. The van der Waals surface area contributed by atoms with Gasteiger partial charge >= 0.3 is 0 Å². The van der Waals surface area contributed by atoms with Crippen molar-refractivity contribution in [1.29, 1.82) is 0 Å². The lowest BCUT2D eigenvalue weighted by molar-refractivity contribution is 0.0955. The zero-order chi connectivity index (χ0) is 12.1. The van der Waals surface area contributed by atoms with Gasteiger partial charge in [0.05, 0.1) is 0 Å². The molecule has 1 fully saturated rings. The predicted molar refractivity (Wildman–Crippen MR) is 69.0 cm³/mol. The summed E-state index contributed by atoms with van der Waals surface area (Å²) in [6.07, 6.45) is 3.69. The van der Waals surface area contributed by atoms with Gasteiger partial charge in [0.1, 0.15) is 0 Å². The van der Waals surface area contributed by atoms with Crippen LogP contribution >= 0.6 is 0 Å². The smallest absolute Gasteiger partial charge is 0.251 e. The number of amides is 1. The van der Waals surface area contributed by atoms with Crippen LogP contribution in [0.4, 0.5) is 0 Å². The largest absolute Gasteiger partial charge is 0.352 e. The summed E-state index contributed by atoms with van der Waals surface area (Å²) in [5.41, 5.74) is 1.99. The second-order valence-electron chi connectivity index (χ2n) is 4.49. The predicted octanol–water partition coefficient (Wildman–Crippen LogP) is 2.25. The molecule has 17 heavy (non-hydrogen) atoms. The number of rotatable bonds is 3. The lowest BCUT2D eigenvalue weighted by atomic mass is 9.96. The van der Waals surface area contributed by atoms with E-state index < -0.39 is 0 Å². The monoisotopic (exact) mass is 232 g/mol. The minimum absolute atomic E-state index is 0.0187. The number of hydrogen-bond acceptors (Lipinski definition) is 2. The summed E-state index contributed by atoms with van der Waals surface area (Å²) < 4.78 is 0. The van der Waals surface area contributed by atoms with Crippen molar-refractivity contribution in [1.82, 2.24) is 10.6 Å². The molecule has 0 saturated carbocycles. The zero-order valence-corrected chi connectivity index (χ0v) is 10.3. The molecule has 1 atom stereocenters. The Bertz CT molecular complexity index is 384. The molecule has 0 bridgehead atoms. The third kappa shape index (κ3) is 3.07. The normalized spacial score (nSPS) is 19.9. The zero-order valence-electron chi connectivity index (χ0n) is 10.3. The van der Waals surface area contributed by atoms with Crippen LogP contribution in [0.5, 0.6) is 0 Å². The number of piperidine rings is 1. The first kappa shape index (κ1) is 12.1. The van der Waals surface area contributed by atoms with Gasteiger partial charge in [0.2, 0.25) is 0 Å². The van der Waals surface area contributed by atoms with Crippen LogP contribution in [0.25, 0.3) is 0 Å². The maximum atomic E-state index is 11.7. The lowest BCUT2D eigenvalue weighted by Gasteiger charge is -2.24. The molecule has 1 amide bonds. The van der Waals surface area contributed by atoms with Crippen molar-refractivity contribution in [3.05, 3.63) is 35.4 Å². The van der Waals surface area contributed by atoms with E-state index in [1.165, 1.54) is 24.8 Å². The molecule has 1 aliphatic heterocycles. The van der Waals surface area contributed by atoms with Crippen molar-refractivity contribution >= 4 is 5.91 Å². The molecule has 1 aromatic carbocycles. The van der Waals surface area contributed by atoms with Gasteiger partial charge in [0, 0.05) is 18.2 Å². The SMILES string of the molecule is CCNC(=O)c1cccc(C2CCCCN2)c1. The van der Waals surface area contributed by atoms with E-state index in [4.69, 9.17) is 0 Å². The molecule has 1 unspecified atom stereocenters. The second-order valence-corrected chi connectivity index (χ2v) is 4.49. The molecule has 2 N–H and O–H groups in total. The van der Waals surface area contributed by atoms with E-state index in [0.717, 1.165) is 12.1 Å². The van der Waals surface area contributed by atoms with Gasteiger partial charge in [-0.15, -0.1) is 0 Å². The first-order chi connectivity index (χ1) is 8.31. The van der Waals surface area contributed by atoms with Gasteiger partial charge in [0.15, 0.2) is 0 Å². The fraction of sp³-hybridized carbons (Fsp3) is 0.500.